The summed E-state index contributed by atoms with van der Waals surface area (Å²) in [5.74, 6) is 2.17. The van der Waals surface area contributed by atoms with Gasteiger partial charge in [-0.05, 0) is 50.5 Å². The van der Waals surface area contributed by atoms with E-state index in [1.54, 1.807) is 7.11 Å². The predicted octanol–water partition coefficient (Wildman–Crippen LogP) is 4.08. The molecule has 2 aliphatic rings. The van der Waals surface area contributed by atoms with Crippen LogP contribution in [0.15, 0.2) is 36.8 Å². The highest BCUT2D eigenvalue weighted by molar-refractivity contribution is 5.85. The molecule has 3 aromatic rings. The van der Waals surface area contributed by atoms with Crippen LogP contribution in [0, 0.1) is 11.8 Å². The second-order valence-electron chi connectivity index (χ2n) is 9.74. The predicted molar refractivity (Wildman–Crippen MR) is 122 cm³/mol. The lowest BCUT2D eigenvalue weighted by molar-refractivity contribution is -0.155. The second-order valence-corrected chi connectivity index (χ2v) is 9.74. The van der Waals surface area contributed by atoms with Gasteiger partial charge in [0, 0.05) is 74.1 Å². The maximum atomic E-state index is 11.9. The Morgan fingerprint density at radius 1 is 1.23 bits per heavy atom. The van der Waals surface area contributed by atoms with E-state index < -0.39 is 5.60 Å². The van der Waals surface area contributed by atoms with Crippen molar-refractivity contribution < 1.29 is 9.84 Å². The number of aromatic nitrogens is 3. The highest BCUT2D eigenvalue weighted by atomic mass is 16.5. The molecule has 1 aliphatic carbocycles. The van der Waals surface area contributed by atoms with Crippen molar-refractivity contribution in [2.45, 2.75) is 51.3 Å². The Labute approximate surface area is 184 Å². The highest BCUT2D eigenvalue weighted by Crippen LogP contribution is 2.49. The third kappa shape index (κ3) is 3.28. The van der Waals surface area contributed by atoms with Crippen molar-refractivity contribution in [2.24, 2.45) is 18.9 Å². The van der Waals surface area contributed by atoms with Gasteiger partial charge >= 0.3 is 0 Å². The van der Waals surface area contributed by atoms with Gasteiger partial charge < -0.3 is 19.0 Å². The van der Waals surface area contributed by atoms with Crippen LogP contribution < -0.4 is 4.74 Å². The topological polar surface area (TPSA) is 55.5 Å². The SMILES string of the molecule is COc1ccc2c(c1)c(CN1CC3CCCC(C1)C3(O)c1nccn1C)cn2C(C)C. The summed E-state index contributed by atoms with van der Waals surface area (Å²) in [6.07, 6.45) is 9.37. The van der Waals surface area contributed by atoms with Crippen molar-refractivity contribution in [3.05, 3.63) is 48.2 Å². The molecule has 2 bridgehead atoms. The average molecular weight is 423 g/mol. The third-order valence-corrected chi connectivity index (χ3v) is 7.56. The van der Waals surface area contributed by atoms with Crippen LogP contribution in [-0.4, -0.2) is 44.3 Å². The Morgan fingerprint density at radius 3 is 2.58 bits per heavy atom. The van der Waals surface area contributed by atoms with Gasteiger partial charge in [-0.2, -0.15) is 0 Å². The van der Waals surface area contributed by atoms with Gasteiger partial charge in [0.1, 0.15) is 17.2 Å². The number of hydrogen-bond donors (Lipinski definition) is 1. The Hall–Kier alpha value is -2.31. The molecule has 1 saturated carbocycles. The van der Waals surface area contributed by atoms with E-state index in [9.17, 15) is 5.11 Å². The van der Waals surface area contributed by atoms with Crippen LogP contribution in [0.5, 0.6) is 5.75 Å². The van der Waals surface area contributed by atoms with Crippen LogP contribution in [0.3, 0.4) is 0 Å². The smallest absolute Gasteiger partial charge is 0.141 e. The monoisotopic (exact) mass is 422 g/mol. The van der Waals surface area contributed by atoms with Crippen molar-refractivity contribution >= 4 is 10.9 Å². The summed E-state index contributed by atoms with van der Waals surface area (Å²) in [7, 11) is 3.72. The van der Waals surface area contributed by atoms with E-state index in [0.29, 0.717) is 6.04 Å². The van der Waals surface area contributed by atoms with Crippen molar-refractivity contribution in [1.29, 1.82) is 0 Å². The fourth-order valence-corrected chi connectivity index (χ4v) is 6.01. The van der Waals surface area contributed by atoms with Crippen LogP contribution in [0.25, 0.3) is 10.9 Å². The van der Waals surface area contributed by atoms with Gasteiger partial charge in [-0.1, -0.05) is 6.42 Å². The van der Waals surface area contributed by atoms with Crippen LogP contribution in [0.2, 0.25) is 0 Å². The number of methoxy groups -OCH3 is 1. The van der Waals surface area contributed by atoms with Crippen LogP contribution in [0.1, 0.15) is 50.5 Å². The van der Waals surface area contributed by atoms with Crippen molar-refractivity contribution in [2.75, 3.05) is 20.2 Å². The molecule has 1 N–H and O–H groups in total. The average Bonchev–Trinajstić information content (AvgIpc) is 3.32. The molecule has 6 nitrogen and oxygen atoms in total. The first-order chi connectivity index (χ1) is 14.9. The van der Waals surface area contributed by atoms with Gasteiger partial charge in [-0.25, -0.2) is 4.98 Å². The second kappa shape index (κ2) is 7.68. The number of aryl methyl sites for hydroxylation is 1. The van der Waals surface area contributed by atoms with Crippen molar-refractivity contribution in [1.82, 2.24) is 19.0 Å². The maximum Gasteiger partial charge on any atom is 0.141 e. The first kappa shape index (κ1) is 20.6. The molecule has 3 heterocycles. The number of benzene rings is 1. The fourth-order valence-electron chi connectivity index (χ4n) is 6.01. The zero-order valence-corrected chi connectivity index (χ0v) is 19.1. The molecular weight excluding hydrogens is 388 g/mol. The quantitative estimate of drug-likeness (QED) is 0.673. The zero-order valence-electron chi connectivity index (χ0n) is 19.1. The van der Waals surface area contributed by atoms with E-state index >= 15 is 0 Å². The molecule has 0 amide bonds. The van der Waals surface area contributed by atoms with E-state index in [4.69, 9.17) is 4.74 Å². The molecule has 166 valence electrons. The molecule has 2 fully saturated rings. The molecule has 2 unspecified atom stereocenters. The van der Waals surface area contributed by atoms with Crippen molar-refractivity contribution in [3.63, 3.8) is 0 Å². The lowest BCUT2D eigenvalue weighted by Gasteiger charge is -2.52. The van der Waals surface area contributed by atoms with E-state index in [1.165, 1.54) is 22.9 Å². The number of nitrogens with zero attached hydrogens (tertiary/aromatic N) is 4. The Kier molecular flexibility index (Phi) is 5.10. The number of fused-ring (bicyclic) bond motifs is 3. The number of imidazole rings is 1. The minimum Gasteiger partial charge on any atom is -0.497 e. The van der Waals surface area contributed by atoms with Gasteiger partial charge in [0.2, 0.25) is 0 Å². The summed E-state index contributed by atoms with van der Waals surface area (Å²) in [6.45, 7) is 7.15. The van der Waals surface area contributed by atoms with Crippen molar-refractivity contribution in [3.8, 4) is 5.75 Å². The molecule has 2 atom stereocenters. The van der Waals surface area contributed by atoms with Gasteiger partial charge in [-0.3, -0.25) is 4.90 Å². The third-order valence-electron chi connectivity index (χ3n) is 7.56. The molecule has 1 aliphatic heterocycles. The van der Waals surface area contributed by atoms with E-state index in [1.807, 2.05) is 30.1 Å². The standard InChI is InChI=1S/C25H34N4O2/c1-17(2)29-14-18(22-12-21(31-4)8-9-23(22)29)13-28-15-19-6-5-7-20(16-28)25(19,30)24-26-10-11-27(24)3/h8-12,14,17,19-20,30H,5-7,13,15-16H2,1-4H3. The van der Waals surface area contributed by atoms with Crippen LogP contribution >= 0.6 is 0 Å². The fraction of sp³-hybridized carbons (Fsp3) is 0.560. The largest absolute Gasteiger partial charge is 0.497 e. The molecule has 0 radical (unpaired) electrons. The first-order valence-electron chi connectivity index (χ1n) is 11.5. The van der Waals surface area contributed by atoms with Gasteiger partial charge in [-0.15, -0.1) is 0 Å². The molecule has 5 rings (SSSR count). The van der Waals surface area contributed by atoms with E-state index in [2.05, 4.69) is 46.6 Å². The number of ether oxygens (including phenoxy) is 1. The number of rotatable bonds is 5. The highest BCUT2D eigenvalue weighted by Gasteiger charge is 2.53. The molecule has 6 heteroatoms. The first-order valence-corrected chi connectivity index (χ1v) is 11.5. The lowest BCUT2D eigenvalue weighted by Crippen LogP contribution is -2.58. The molecule has 1 aromatic carbocycles. The van der Waals surface area contributed by atoms with Gasteiger partial charge in [0.05, 0.1) is 7.11 Å². The van der Waals surface area contributed by atoms with Gasteiger partial charge in [0.25, 0.3) is 0 Å². The summed E-state index contributed by atoms with van der Waals surface area (Å²) in [5, 5.41) is 13.1. The molecule has 31 heavy (non-hydrogen) atoms. The Bertz CT molecular complexity index is 1070. The maximum absolute atomic E-state index is 11.9. The Morgan fingerprint density at radius 2 is 1.97 bits per heavy atom. The normalized spacial score (nSPS) is 26.6. The summed E-state index contributed by atoms with van der Waals surface area (Å²) in [6, 6.07) is 6.78. The lowest BCUT2D eigenvalue weighted by atomic mass is 9.65. The number of piperidine rings is 1. The molecule has 1 saturated heterocycles. The summed E-state index contributed by atoms with van der Waals surface area (Å²) < 4.78 is 9.88. The van der Waals surface area contributed by atoms with Crippen LogP contribution in [-0.2, 0) is 19.2 Å². The minimum atomic E-state index is -0.817. The van der Waals surface area contributed by atoms with E-state index in [-0.39, 0.29) is 11.8 Å². The van der Waals surface area contributed by atoms with Crippen LogP contribution in [0.4, 0.5) is 0 Å². The minimum absolute atomic E-state index is 0.217. The summed E-state index contributed by atoms with van der Waals surface area (Å²) in [4.78, 5) is 7.11. The number of aliphatic hydroxyl groups is 1. The molecule has 0 spiro atoms. The molecule has 2 aromatic heterocycles. The Balaban J connectivity index is 1.46. The zero-order chi connectivity index (χ0) is 21.8. The molecular formula is C25H34N4O2. The summed E-state index contributed by atoms with van der Waals surface area (Å²) >= 11 is 0. The number of likely N-dealkylation sites (tertiary alicyclic amines) is 1. The summed E-state index contributed by atoms with van der Waals surface area (Å²) in [5.41, 5.74) is 1.78. The van der Waals surface area contributed by atoms with Gasteiger partial charge in [0.15, 0.2) is 0 Å². The van der Waals surface area contributed by atoms with E-state index in [0.717, 1.165) is 44.0 Å². The number of hydrogen-bond acceptors (Lipinski definition) is 4.